The average molecular weight is 313 g/mol. The second kappa shape index (κ2) is 7.18. The van der Waals surface area contributed by atoms with Crippen molar-refractivity contribution < 1.29 is 14.3 Å². The molecular formula is C19H23NO3. The Morgan fingerprint density at radius 2 is 1.70 bits per heavy atom. The van der Waals surface area contributed by atoms with Crippen molar-refractivity contribution in [3.63, 3.8) is 0 Å². The molecule has 1 atom stereocenters. The fraction of sp³-hybridized carbons (Fsp3) is 0.316. The van der Waals surface area contributed by atoms with E-state index in [0.29, 0.717) is 17.1 Å². The van der Waals surface area contributed by atoms with Crippen molar-refractivity contribution >= 4 is 5.91 Å². The second-order valence-corrected chi connectivity index (χ2v) is 5.57. The minimum atomic E-state index is -0.0856. The van der Waals surface area contributed by atoms with Gasteiger partial charge in [-0.3, -0.25) is 4.79 Å². The molecule has 0 saturated carbocycles. The molecule has 0 aliphatic carbocycles. The summed E-state index contributed by atoms with van der Waals surface area (Å²) in [7, 11) is 4.94. The fourth-order valence-corrected chi connectivity index (χ4v) is 2.41. The summed E-state index contributed by atoms with van der Waals surface area (Å²) in [6.07, 6.45) is 0. The Morgan fingerprint density at radius 3 is 2.26 bits per heavy atom. The molecule has 0 heterocycles. The normalized spacial score (nSPS) is 11.7. The first-order valence-corrected chi connectivity index (χ1v) is 7.53. The molecule has 0 N–H and O–H groups in total. The molecule has 2 aromatic carbocycles. The van der Waals surface area contributed by atoms with E-state index in [1.807, 2.05) is 13.8 Å². The number of benzene rings is 2. The predicted octanol–water partition coefficient (Wildman–Crippen LogP) is 3.85. The zero-order chi connectivity index (χ0) is 17.0. The number of carbonyl (C=O) groups is 1. The highest BCUT2D eigenvalue weighted by atomic mass is 16.5. The lowest BCUT2D eigenvalue weighted by atomic mass is 10.0. The minimum Gasteiger partial charge on any atom is -0.497 e. The highest BCUT2D eigenvalue weighted by Gasteiger charge is 2.22. The van der Waals surface area contributed by atoms with Gasteiger partial charge in [0.15, 0.2) is 0 Å². The Morgan fingerprint density at radius 1 is 1.04 bits per heavy atom. The van der Waals surface area contributed by atoms with E-state index in [2.05, 4.69) is 24.3 Å². The summed E-state index contributed by atoms with van der Waals surface area (Å²) >= 11 is 0. The lowest BCUT2D eigenvalue weighted by Crippen LogP contribution is -2.30. The van der Waals surface area contributed by atoms with Crippen molar-refractivity contribution in [3.8, 4) is 11.5 Å². The standard InChI is InChI=1S/C19H23NO3/c1-13-6-8-15(9-7-13)14(2)20(3)19(21)17-11-10-16(22-4)12-18(17)23-5/h6-12,14H,1-5H3/t14-/m0/s1. The Hall–Kier alpha value is -2.49. The van der Waals surface area contributed by atoms with Crippen LogP contribution in [0, 0.1) is 6.92 Å². The van der Waals surface area contributed by atoms with Gasteiger partial charge < -0.3 is 14.4 Å². The van der Waals surface area contributed by atoms with Crippen LogP contribution in [0.1, 0.15) is 34.5 Å². The highest BCUT2D eigenvalue weighted by Crippen LogP contribution is 2.28. The van der Waals surface area contributed by atoms with Gasteiger partial charge in [0, 0.05) is 13.1 Å². The number of aryl methyl sites for hydroxylation is 1. The SMILES string of the molecule is COc1ccc(C(=O)N(C)[C@@H](C)c2ccc(C)cc2)c(OC)c1. The van der Waals surface area contributed by atoms with E-state index in [1.165, 1.54) is 5.56 Å². The molecule has 4 nitrogen and oxygen atoms in total. The van der Waals surface area contributed by atoms with E-state index in [0.717, 1.165) is 5.56 Å². The molecule has 2 rings (SSSR count). The van der Waals surface area contributed by atoms with Gasteiger partial charge >= 0.3 is 0 Å². The van der Waals surface area contributed by atoms with E-state index >= 15 is 0 Å². The number of ether oxygens (including phenoxy) is 2. The van der Waals surface area contributed by atoms with Gasteiger partial charge in [-0.1, -0.05) is 29.8 Å². The van der Waals surface area contributed by atoms with Crippen LogP contribution in [0.3, 0.4) is 0 Å². The zero-order valence-electron chi connectivity index (χ0n) is 14.3. The van der Waals surface area contributed by atoms with Crippen molar-refractivity contribution in [1.82, 2.24) is 4.90 Å². The summed E-state index contributed by atoms with van der Waals surface area (Å²) < 4.78 is 10.5. The second-order valence-electron chi connectivity index (χ2n) is 5.57. The van der Waals surface area contributed by atoms with Crippen LogP contribution in [0.25, 0.3) is 0 Å². The molecular weight excluding hydrogens is 290 g/mol. The first-order valence-electron chi connectivity index (χ1n) is 7.53. The smallest absolute Gasteiger partial charge is 0.257 e. The maximum atomic E-state index is 12.8. The van der Waals surface area contributed by atoms with Crippen LogP contribution >= 0.6 is 0 Å². The van der Waals surface area contributed by atoms with Crippen molar-refractivity contribution in [2.45, 2.75) is 19.9 Å². The van der Waals surface area contributed by atoms with Crippen molar-refractivity contribution in [3.05, 3.63) is 59.2 Å². The van der Waals surface area contributed by atoms with Crippen molar-refractivity contribution in [2.75, 3.05) is 21.3 Å². The quantitative estimate of drug-likeness (QED) is 0.841. The number of amides is 1. The lowest BCUT2D eigenvalue weighted by Gasteiger charge is -2.26. The number of rotatable bonds is 5. The first-order chi connectivity index (χ1) is 11.0. The third kappa shape index (κ3) is 3.65. The van der Waals surface area contributed by atoms with E-state index in [1.54, 1.807) is 44.4 Å². The van der Waals surface area contributed by atoms with Crippen LogP contribution in [0.4, 0.5) is 0 Å². The summed E-state index contributed by atoms with van der Waals surface area (Å²) in [5.41, 5.74) is 2.82. The largest absolute Gasteiger partial charge is 0.497 e. The van der Waals surface area contributed by atoms with Gasteiger partial charge in [0.1, 0.15) is 11.5 Å². The van der Waals surface area contributed by atoms with Gasteiger partial charge in [-0.15, -0.1) is 0 Å². The Labute approximate surface area is 137 Å². The number of hydrogen-bond acceptors (Lipinski definition) is 3. The van der Waals surface area contributed by atoms with E-state index in [4.69, 9.17) is 9.47 Å². The molecule has 0 radical (unpaired) electrons. The Bertz CT molecular complexity index is 680. The molecule has 122 valence electrons. The van der Waals surface area contributed by atoms with Crippen LogP contribution in [0.2, 0.25) is 0 Å². The molecule has 4 heteroatoms. The van der Waals surface area contributed by atoms with Crippen LogP contribution in [0.5, 0.6) is 11.5 Å². The third-order valence-electron chi connectivity index (χ3n) is 4.10. The van der Waals surface area contributed by atoms with E-state index in [-0.39, 0.29) is 11.9 Å². The molecule has 0 saturated heterocycles. The number of methoxy groups -OCH3 is 2. The van der Waals surface area contributed by atoms with Crippen molar-refractivity contribution in [2.24, 2.45) is 0 Å². The fourth-order valence-electron chi connectivity index (χ4n) is 2.41. The summed E-state index contributed by atoms with van der Waals surface area (Å²) in [6, 6.07) is 13.4. The van der Waals surface area contributed by atoms with Crippen LogP contribution in [-0.4, -0.2) is 32.1 Å². The summed E-state index contributed by atoms with van der Waals surface area (Å²) in [6.45, 7) is 4.06. The lowest BCUT2D eigenvalue weighted by molar-refractivity contribution is 0.0739. The molecule has 0 fully saturated rings. The summed E-state index contributed by atoms with van der Waals surface area (Å²) in [5.74, 6) is 1.09. The summed E-state index contributed by atoms with van der Waals surface area (Å²) in [4.78, 5) is 14.5. The molecule has 0 aliphatic rings. The Kier molecular flexibility index (Phi) is 5.27. The third-order valence-corrected chi connectivity index (χ3v) is 4.10. The zero-order valence-corrected chi connectivity index (χ0v) is 14.3. The topological polar surface area (TPSA) is 38.8 Å². The van der Waals surface area contributed by atoms with Gasteiger partial charge in [-0.05, 0) is 31.5 Å². The van der Waals surface area contributed by atoms with Gasteiger partial charge in [0.2, 0.25) is 0 Å². The molecule has 0 unspecified atom stereocenters. The molecule has 0 aromatic heterocycles. The molecule has 2 aromatic rings. The van der Waals surface area contributed by atoms with Crippen LogP contribution < -0.4 is 9.47 Å². The monoisotopic (exact) mass is 313 g/mol. The summed E-state index contributed by atoms with van der Waals surface area (Å²) in [5, 5.41) is 0. The number of hydrogen-bond donors (Lipinski definition) is 0. The number of nitrogens with zero attached hydrogens (tertiary/aromatic N) is 1. The van der Waals surface area contributed by atoms with Gasteiger partial charge in [-0.25, -0.2) is 0 Å². The van der Waals surface area contributed by atoms with E-state index in [9.17, 15) is 4.79 Å². The first kappa shape index (κ1) is 16.9. The van der Waals surface area contributed by atoms with Crippen LogP contribution in [0.15, 0.2) is 42.5 Å². The predicted molar refractivity (Wildman–Crippen MR) is 91.2 cm³/mol. The number of carbonyl (C=O) groups excluding carboxylic acids is 1. The molecule has 0 spiro atoms. The Balaban J connectivity index is 2.27. The maximum absolute atomic E-state index is 12.8. The maximum Gasteiger partial charge on any atom is 0.257 e. The van der Waals surface area contributed by atoms with Gasteiger partial charge in [0.05, 0.1) is 25.8 Å². The highest BCUT2D eigenvalue weighted by molar-refractivity contribution is 5.97. The minimum absolute atomic E-state index is 0.0325. The molecule has 23 heavy (non-hydrogen) atoms. The van der Waals surface area contributed by atoms with Gasteiger partial charge in [0.25, 0.3) is 5.91 Å². The molecule has 0 bridgehead atoms. The van der Waals surface area contributed by atoms with E-state index < -0.39 is 0 Å². The average Bonchev–Trinajstić information content (AvgIpc) is 2.59. The molecule has 0 aliphatic heterocycles. The van der Waals surface area contributed by atoms with Gasteiger partial charge in [-0.2, -0.15) is 0 Å². The molecule has 1 amide bonds. The van der Waals surface area contributed by atoms with Crippen LogP contribution in [-0.2, 0) is 0 Å². The van der Waals surface area contributed by atoms with Crippen molar-refractivity contribution in [1.29, 1.82) is 0 Å².